The monoisotopic (exact) mass is 732 g/mol. The standard InChI is InChI=1S/2C12F10.O2S/c2*13-3-1(4(14)8(18)11(21)7(3)17)2-5(15)9(19)12(22)10(20)6(2)16;1-3-2. The number of hydrogen-bond donors (Lipinski definition) is 0. The van der Waals surface area contributed by atoms with Crippen LogP contribution >= 0.6 is 0 Å². The molecule has 23 heteroatoms. The van der Waals surface area contributed by atoms with Gasteiger partial charge in [-0.05, 0) is 0 Å². The van der Waals surface area contributed by atoms with Crippen molar-refractivity contribution in [2.24, 2.45) is 0 Å². The Morgan fingerprint density at radius 1 is 0.191 bits per heavy atom. The highest BCUT2D eigenvalue weighted by atomic mass is 32.1. The van der Waals surface area contributed by atoms with Crippen LogP contribution < -0.4 is 0 Å². The third-order valence-electron chi connectivity index (χ3n) is 5.34. The van der Waals surface area contributed by atoms with Crippen LogP contribution in [0, 0.1) is 116 Å². The molecule has 0 spiro atoms. The van der Waals surface area contributed by atoms with Crippen LogP contribution in [0.4, 0.5) is 87.8 Å². The van der Waals surface area contributed by atoms with E-state index in [1.165, 1.54) is 0 Å². The van der Waals surface area contributed by atoms with Crippen molar-refractivity contribution in [1.29, 1.82) is 0 Å². The molecule has 2 nitrogen and oxygen atoms in total. The molecular formula is C24F20O2S. The smallest absolute Gasteiger partial charge is 0.203 e. The zero-order chi connectivity index (χ0) is 36.6. The first-order chi connectivity index (χ1) is 21.6. The average Bonchev–Trinajstić information content (AvgIpc) is 3.04. The molecule has 4 aromatic rings. The molecule has 0 atom stereocenters. The molecule has 254 valence electrons. The summed E-state index contributed by atoms with van der Waals surface area (Å²) in [6, 6.07) is 0. The molecule has 0 unspecified atom stereocenters. The Bertz CT molecular complexity index is 1590. The largest absolute Gasteiger partial charge is 0.335 e. The number of benzene rings is 4. The molecule has 0 fully saturated rings. The molecule has 0 amide bonds. The summed E-state index contributed by atoms with van der Waals surface area (Å²) < 4.78 is 279. The molecule has 0 radical (unpaired) electrons. The maximum atomic E-state index is 13.4. The molecular weight excluding hydrogens is 732 g/mol. The molecule has 0 aromatic heterocycles. The van der Waals surface area contributed by atoms with E-state index in [-0.39, 0.29) is 0 Å². The van der Waals surface area contributed by atoms with Crippen molar-refractivity contribution in [3.8, 4) is 22.3 Å². The Kier molecular flexibility index (Phi) is 11.8. The van der Waals surface area contributed by atoms with E-state index < -0.39 is 150 Å². The van der Waals surface area contributed by atoms with Crippen molar-refractivity contribution in [3.63, 3.8) is 0 Å². The Hall–Kier alpha value is -4.70. The molecule has 4 aromatic carbocycles. The van der Waals surface area contributed by atoms with Gasteiger partial charge in [0.15, 0.2) is 93.1 Å². The summed E-state index contributed by atoms with van der Waals surface area (Å²) in [5.74, 6) is -53.3. The van der Waals surface area contributed by atoms with E-state index in [0.29, 0.717) is 0 Å². The molecule has 4 rings (SSSR count). The van der Waals surface area contributed by atoms with Crippen LogP contribution in [0.25, 0.3) is 22.3 Å². The maximum absolute atomic E-state index is 13.4. The zero-order valence-corrected chi connectivity index (χ0v) is 21.6. The van der Waals surface area contributed by atoms with Crippen molar-refractivity contribution < 1.29 is 96.2 Å². The van der Waals surface area contributed by atoms with Crippen LogP contribution in [0.5, 0.6) is 0 Å². The molecule has 0 aliphatic rings. The summed E-state index contributed by atoms with van der Waals surface area (Å²) in [6.07, 6.45) is 0. The van der Waals surface area contributed by atoms with Gasteiger partial charge in [0.25, 0.3) is 0 Å². The van der Waals surface area contributed by atoms with Gasteiger partial charge in [-0.25, -0.2) is 87.8 Å². The highest BCUT2D eigenvalue weighted by molar-refractivity contribution is 7.51. The lowest BCUT2D eigenvalue weighted by molar-refractivity contribution is 0.370. The second-order valence-electron chi connectivity index (χ2n) is 7.85. The fourth-order valence-corrected chi connectivity index (χ4v) is 3.30. The minimum absolute atomic E-state index is 0.750. The third kappa shape index (κ3) is 6.47. The van der Waals surface area contributed by atoms with E-state index in [2.05, 4.69) is 0 Å². The lowest BCUT2D eigenvalue weighted by Gasteiger charge is -2.11. The summed E-state index contributed by atoms with van der Waals surface area (Å²) in [5.41, 5.74) is -9.04. The number of halogens is 20. The molecule has 0 aliphatic carbocycles. The number of hydrogen-bond acceptors (Lipinski definition) is 2. The van der Waals surface area contributed by atoms with Gasteiger partial charge in [0.1, 0.15) is 0 Å². The van der Waals surface area contributed by atoms with Gasteiger partial charge in [-0.1, -0.05) is 0 Å². The molecule has 0 N–H and O–H groups in total. The first-order valence-electron chi connectivity index (χ1n) is 10.6. The Labute approximate surface area is 247 Å². The van der Waals surface area contributed by atoms with Gasteiger partial charge in [0, 0.05) is 0 Å². The summed E-state index contributed by atoms with van der Waals surface area (Å²) in [5, 5.41) is 0. The van der Waals surface area contributed by atoms with Crippen LogP contribution in [-0.4, -0.2) is 8.42 Å². The summed E-state index contributed by atoms with van der Waals surface area (Å²) in [6.45, 7) is 0. The van der Waals surface area contributed by atoms with E-state index in [1.807, 2.05) is 0 Å². The van der Waals surface area contributed by atoms with E-state index >= 15 is 0 Å². The van der Waals surface area contributed by atoms with Crippen molar-refractivity contribution in [2.75, 3.05) is 0 Å². The fourth-order valence-electron chi connectivity index (χ4n) is 3.30. The van der Waals surface area contributed by atoms with Crippen molar-refractivity contribution in [2.45, 2.75) is 0 Å². The fraction of sp³-hybridized carbons (Fsp3) is 0. The van der Waals surface area contributed by atoms with Crippen molar-refractivity contribution in [3.05, 3.63) is 116 Å². The maximum Gasteiger partial charge on any atom is 0.335 e. The topological polar surface area (TPSA) is 34.1 Å². The SMILES string of the molecule is Fc1c(F)c(F)c(-c2c(F)c(F)c(F)c(F)c2F)c(F)c1F.Fc1c(F)c(F)c(-c2c(F)c(F)c(F)c(F)c2F)c(F)c1F.O=S=O. The Morgan fingerprint density at radius 2 is 0.255 bits per heavy atom. The normalized spacial score (nSPS) is 10.7. The van der Waals surface area contributed by atoms with Gasteiger partial charge in [-0.15, -0.1) is 0 Å². The van der Waals surface area contributed by atoms with Crippen LogP contribution in [0.3, 0.4) is 0 Å². The quantitative estimate of drug-likeness (QED) is 0.117. The minimum atomic E-state index is -2.68. The molecule has 0 bridgehead atoms. The third-order valence-corrected chi connectivity index (χ3v) is 5.34. The van der Waals surface area contributed by atoms with Gasteiger partial charge in [0.2, 0.25) is 23.3 Å². The highest BCUT2D eigenvalue weighted by Crippen LogP contribution is 2.39. The second-order valence-corrected chi connectivity index (χ2v) is 7.98. The first kappa shape index (κ1) is 38.5. The van der Waals surface area contributed by atoms with Crippen LogP contribution in [-0.2, 0) is 11.6 Å². The van der Waals surface area contributed by atoms with Gasteiger partial charge in [-0.3, -0.25) is 0 Å². The van der Waals surface area contributed by atoms with Crippen LogP contribution in [0.1, 0.15) is 0 Å². The Morgan fingerprint density at radius 3 is 0.340 bits per heavy atom. The average molecular weight is 732 g/mol. The molecule has 0 saturated heterocycles. The van der Waals surface area contributed by atoms with Crippen LogP contribution in [0.15, 0.2) is 0 Å². The Balaban J connectivity index is 0.000000302. The highest BCUT2D eigenvalue weighted by Gasteiger charge is 2.36. The first-order valence-corrected chi connectivity index (χ1v) is 11.3. The zero-order valence-electron chi connectivity index (χ0n) is 20.8. The minimum Gasteiger partial charge on any atom is -0.203 e. The van der Waals surface area contributed by atoms with Crippen LogP contribution in [0.2, 0.25) is 0 Å². The van der Waals surface area contributed by atoms with Crippen molar-refractivity contribution in [1.82, 2.24) is 0 Å². The second kappa shape index (κ2) is 14.4. The van der Waals surface area contributed by atoms with Gasteiger partial charge < -0.3 is 0 Å². The molecule has 0 aliphatic heterocycles. The number of rotatable bonds is 2. The summed E-state index contributed by atoms with van der Waals surface area (Å²) >= 11 is -0.750. The van der Waals surface area contributed by atoms with Gasteiger partial charge in [-0.2, -0.15) is 8.42 Å². The lowest BCUT2D eigenvalue weighted by atomic mass is 10.0. The predicted molar refractivity (Wildman–Crippen MR) is 112 cm³/mol. The summed E-state index contributed by atoms with van der Waals surface area (Å²) in [4.78, 5) is 0. The van der Waals surface area contributed by atoms with Gasteiger partial charge >= 0.3 is 11.6 Å². The summed E-state index contributed by atoms with van der Waals surface area (Å²) in [7, 11) is 0. The van der Waals surface area contributed by atoms with Crippen molar-refractivity contribution >= 4 is 11.6 Å². The van der Waals surface area contributed by atoms with Gasteiger partial charge in [0.05, 0.1) is 22.3 Å². The molecule has 0 heterocycles. The lowest BCUT2D eigenvalue weighted by Crippen LogP contribution is -2.10. The van der Waals surface area contributed by atoms with E-state index in [0.717, 1.165) is 0 Å². The molecule has 47 heavy (non-hydrogen) atoms. The van der Waals surface area contributed by atoms with E-state index in [1.54, 1.807) is 0 Å². The van der Waals surface area contributed by atoms with E-state index in [9.17, 15) is 87.8 Å². The molecule has 0 saturated carbocycles. The van der Waals surface area contributed by atoms with E-state index in [4.69, 9.17) is 8.42 Å². The predicted octanol–water partition coefficient (Wildman–Crippen LogP) is 8.82.